The molecule has 3 aromatic heterocycles. The van der Waals surface area contributed by atoms with Crippen LogP contribution in [0, 0.1) is 6.92 Å². The summed E-state index contributed by atoms with van der Waals surface area (Å²) in [5, 5.41) is 0. The predicted octanol–water partition coefficient (Wildman–Crippen LogP) is 3.85. The van der Waals surface area contributed by atoms with E-state index in [0.717, 1.165) is 17.8 Å². The molecule has 0 aliphatic rings. The van der Waals surface area contributed by atoms with Gasteiger partial charge in [0.15, 0.2) is 4.90 Å². The quantitative estimate of drug-likeness (QED) is 0.672. The number of alkyl halides is 3. The molecule has 1 unspecified atom stereocenters. The van der Waals surface area contributed by atoms with E-state index in [2.05, 4.69) is 9.97 Å². The average Bonchev–Trinajstić information content (AvgIpc) is 2.95. The van der Waals surface area contributed by atoms with Crippen LogP contribution in [0.15, 0.2) is 41.7 Å². The largest absolute Gasteiger partial charge is 0.611 e. The van der Waals surface area contributed by atoms with Crippen LogP contribution in [0.1, 0.15) is 18.1 Å². The highest BCUT2D eigenvalue weighted by molar-refractivity contribution is 7.91. The van der Waals surface area contributed by atoms with Gasteiger partial charge in [-0.2, -0.15) is 13.2 Å². The molecule has 4 nitrogen and oxygen atoms in total. The maximum atomic E-state index is 12.9. The first-order valence-electron chi connectivity index (χ1n) is 7.21. The minimum absolute atomic E-state index is 0.0486. The Kier molecular flexibility index (Phi) is 4.27. The molecule has 0 fully saturated rings. The maximum Gasteiger partial charge on any atom is 0.418 e. The van der Waals surface area contributed by atoms with E-state index >= 15 is 0 Å². The van der Waals surface area contributed by atoms with Gasteiger partial charge in [0.1, 0.15) is 22.8 Å². The van der Waals surface area contributed by atoms with Crippen molar-refractivity contribution in [2.75, 3.05) is 5.75 Å². The molecule has 24 heavy (non-hydrogen) atoms. The Morgan fingerprint density at radius 2 is 2.04 bits per heavy atom. The summed E-state index contributed by atoms with van der Waals surface area (Å²) < 4.78 is 52.7. The molecular formula is C16H14F3N3OS. The topological polar surface area (TPSA) is 53.2 Å². The van der Waals surface area contributed by atoms with Crippen LogP contribution in [-0.2, 0) is 17.4 Å². The van der Waals surface area contributed by atoms with Gasteiger partial charge in [-0.25, -0.2) is 9.97 Å². The fourth-order valence-corrected chi connectivity index (χ4v) is 3.26. The Balaban J connectivity index is 2.17. The molecule has 1 atom stereocenters. The summed E-state index contributed by atoms with van der Waals surface area (Å²) in [7, 11) is 0. The number of imidazole rings is 1. The van der Waals surface area contributed by atoms with E-state index in [0.29, 0.717) is 11.3 Å². The van der Waals surface area contributed by atoms with Gasteiger partial charge in [0.05, 0.1) is 5.56 Å². The van der Waals surface area contributed by atoms with Gasteiger partial charge in [0.25, 0.3) is 0 Å². The zero-order chi connectivity index (χ0) is 17.5. The minimum Gasteiger partial charge on any atom is -0.611 e. The molecule has 0 aliphatic heterocycles. The Labute approximate surface area is 139 Å². The Morgan fingerprint density at radius 3 is 2.71 bits per heavy atom. The van der Waals surface area contributed by atoms with E-state index in [-0.39, 0.29) is 16.3 Å². The molecule has 3 rings (SSSR count). The molecule has 3 aromatic rings. The lowest BCUT2D eigenvalue weighted by Crippen LogP contribution is -2.12. The van der Waals surface area contributed by atoms with Crippen molar-refractivity contribution in [3.63, 3.8) is 0 Å². The minimum atomic E-state index is -4.53. The van der Waals surface area contributed by atoms with Crippen LogP contribution >= 0.6 is 0 Å². The van der Waals surface area contributed by atoms with E-state index in [1.165, 1.54) is 0 Å². The van der Waals surface area contributed by atoms with Crippen LogP contribution in [0.3, 0.4) is 0 Å². The standard InChI is InChI=1S/C16H14F3N3OS/c1-3-24(23)13-7-11(16(17,18)19)8-20-15(13)12-9-22-5-4-10(2)6-14(22)21-12/h4-9H,3H2,1-2H3. The van der Waals surface area contributed by atoms with Gasteiger partial charge in [-0.1, -0.05) is 0 Å². The van der Waals surface area contributed by atoms with Crippen LogP contribution in [0.4, 0.5) is 13.2 Å². The zero-order valence-corrected chi connectivity index (χ0v) is 13.8. The van der Waals surface area contributed by atoms with Gasteiger partial charge in [-0.15, -0.1) is 0 Å². The van der Waals surface area contributed by atoms with Crippen molar-refractivity contribution >= 4 is 16.8 Å². The van der Waals surface area contributed by atoms with Gasteiger partial charge in [0.2, 0.25) is 0 Å². The lowest BCUT2D eigenvalue weighted by atomic mass is 10.2. The summed E-state index contributed by atoms with van der Waals surface area (Å²) in [4.78, 5) is 8.36. The van der Waals surface area contributed by atoms with Crippen molar-refractivity contribution in [2.45, 2.75) is 24.9 Å². The van der Waals surface area contributed by atoms with Crippen LogP contribution in [0.2, 0.25) is 0 Å². The number of aryl methyl sites for hydroxylation is 1. The van der Waals surface area contributed by atoms with Gasteiger partial charge >= 0.3 is 6.18 Å². The van der Waals surface area contributed by atoms with E-state index in [1.807, 2.05) is 25.3 Å². The molecule has 3 heterocycles. The fraction of sp³-hybridized carbons (Fsp3) is 0.250. The van der Waals surface area contributed by atoms with E-state index in [9.17, 15) is 17.7 Å². The monoisotopic (exact) mass is 353 g/mol. The molecular weight excluding hydrogens is 339 g/mol. The molecule has 0 aromatic carbocycles. The maximum absolute atomic E-state index is 12.9. The van der Waals surface area contributed by atoms with E-state index < -0.39 is 22.9 Å². The van der Waals surface area contributed by atoms with Gasteiger partial charge in [-0.05, 0) is 42.7 Å². The Bertz CT molecular complexity index is 892. The third kappa shape index (κ3) is 3.11. The SMILES string of the molecule is CC[S+]([O-])c1cc(C(F)(F)F)cnc1-c1cn2ccc(C)cc2n1. The number of fused-ring (bicyclic) bond motifs is 1. The lowest BCUT2D eigenvalue weighted by Gasteiger charge is -2.13. The van der Waals surface area contributed by atoms with Gasteiger partial charge < -0.3 is 8.95 Å². The highest BCUT2D eigenvalue weighted by Gasteiger charge is 2.34. The molecule has 0 saturated carbocycles. The van der Waals surface area contributed by atoms with Crippen LogP contribution in [-0.4, -0.2) is 24.7 Å². The summed E-state index contributed by atoms with van der Waals surface area (Å²) in [5.74, 6) is 0.197. The normalized spacial score (nSPS) is 13.4. The number of rotatable bonds is 3. The highest BCUT2D eigenvalue weighted by Crippen LogP contribution is 2.34. The summed E-state index contributed by atoms with van der Waals surface area (Å²) in [6.07, 6.45) is -0.308. The summed E-state index contributed by atoms with van der Waals surface area (Å²) >= 11 is -1.59. The molecule has 0 amide bonds. The molecule has 0 radical (unpaired) electrons. The van der Waals surface area contributed by atoms with Crippen molar-refractivity contribution < 1.29 is 17.7 Å². The zero-order valence-electron chi connectivity index (χ0n) is 13.0. The van der Waals surface area contributed by atoms with Gasteiger partial charge in [0, 0.05) is 24.7 Å². The molecule has 0 bridgehead atoms. The van der Waals surface area contributed by atoms with Crippen LogP contribution in [0.25, 0.3) is 17.0 Å². The molecule has 8 heteroatoms. The first kappa shape index (κ1) is 16.8. The molecule has 126 valence electrons. The highest BCUT2D eigenvalue weighted by atomic mass is 32.2. The van der Waals surface area contributed by atoms with Crippen molar-refractivity contribution in [2.24, 2.45) is 0 Å². The summed E-state index contributed by atoms with van der Waals surface area (Å²) in [6, 6.07) is 4.64. The molecule has 0 spiro atoms. The van der Waals surface area contributed by atoms with Crippen LogP contribution < -0.4 is 0 Å². The first-order chi connectivity index (χ1) is 11.3. The van der Waals surface area contributed by atoms with Crippen molar-refractivity contribution in [3.8, 4) is 11.4 Å². The second kappa shape index (κ2) is 6.10. The second-order valence-corrected chi connectivity index (χ2v) is 7.01. The Morgan fingerprint density at radius 1 is 1.29 bits per heavy atom. The van der Waals surface area contributed by atoms with E-state index in [4.69, 9.17) is 0 Å². The van der Waals surface area contributed by atoms with Crippen molar-refractivity contribution in [3.05, 3.63) is 47.9 Å². The Hall–Kier alpha value is -2.06. The molecule has 0 N–H and O–H groups in total. The van der Waals surface area contributed by atoms with E-state index in [1.54, 1.807) is 17.5 Å². The first-order valence-corrected chi connectivity index (χ1v) is 8.53. The molecule has 0 saturated heterocycles. The smallest absolute Gasteiger partial charge is 0.418 e. The number of aromatic nitrogens is 3. The number of nitrogens with zero attached hydrogens (tertiary/aromatic N) is 3. The lowest BCUT2D eigenvalue weighted by molar-refractivity contribution is -0.138. The van der Waals surface area contributed by atoms with Crippen molar-refractivity contribution in [1.82, 2.24) is 14.4 Å². The third-order valence-corrected chi connectivity index (χ3v) is 4.87. The fourth-order valence-electron chi connectivity index (χ4n) is 2.32. The van der Waals surface area contributed by atoms with Gasteiger partial charge in [-0.3, -0.25) is 0 Å². The van der Waals surface area contributed by atoms with Crippen molar-refractivity contribution in [1.29, 1.82) is 0 Å². The average molecular weight is 353 g/mol. The second-order valence-electron chi connectivity index (χ2n) is 5.30. The summed E-state index contributed by atoms with van der Waals surface area (Å²) in [6.45, 7) is 3.56. The number of halogens is 3. The number of pyridine rings is 2. The number of hydrogen-bond donors (Lipinski definition) is 0. The molecule has 0 aliphatic carbocycles. The van der Waals surface area contributed by atoms with Crippen LogP contribution in [0.5, 0.6) is 0 Å². The summed E-state index contributed by atoms with van der Waals surface area (Å²) in [5.41, 5.74) is 1.36. The number of hydrogen-bond acceptors (Lipinski definition) is 3. The third-order valence-electron chi connectivity index (χ3n) is 3.55. The predicted molar refractivity (Wildman–Crippen MR) is 85.1 cm³/mol.